The lowest BCUT2D eigenvalue weighted by Crippen LogP contribution is -2.17. The molecule has 2 N–H and O–H groups in total. The molecule has 1 aromatic carbocycles. The highest BCUT2D eigenvalue weighted by Crippen LogP contribution is 2.34. The van der Waals surface area contributed by atoms with Gasteiger partial charge in [0.15, 0.2) is 0 Å². The van der Waals surface area contributed by atoms with Crippen LogP contribution in [0, 0.1) is 5.82 Å². The lowest BCUT2D eigenvalue weighted by Gasteiger charge is -1.97. The molecule has 0 saturated carbocycles. The molecule has 4 heteroatoms. The van der Waals surface area contributed by atoms with E-state index in [1.165, 1.54) is 18.2 Å². The van der Waals surface area contributed by atoms with Gasteiger partial charge in [0, 0.05) is 5.56 Å². The predicted octanol–water partition coefficient (Wildman–Crippen LogP) is 1.29. The van der Waals surface area contributed by atoms with Gasteiger partial charge in [-0.2, -0.15) is 0 Å². The minimum Gasteiger partial charge on any atom is -0.364 e. The third kappa shape index (κ3) is 1.16. The molecule has 0 saturated heterocycles. The Bertz CT molecular complexity index is 451. The zero-order valence-electron chi connectivity index (χ0n) is 7.54. The summed E-state index contributed by atoms with van der Waals surface area (Å²) >= 11 is 0. The van der Waals surface area contributed by atoms with Crippen molar-refractivity contribution in [2.45, 2.75) is 6.92 Å². The lowest BCUT2D eigenvalue weighted by atomic mass is 10.1. The smallest absolute Gasteiger partial charge is 0.267 e. The van der Waals surface area contributed by atoms with Crippen molar-refractivity contribution < 1.29 is 9.18 Å². The van der Waals surface area contributed by atoms with Gasteiger partial charge in [-0.15, -0.1) is 0 Å². The van der Waals surface area contributed by atoms with Crippen molar-refractivity contribution in [1.82, 2.24) is 5.32 Å². The van der Waals surface area contributed by atoms with E-state index in [1.807, 2.05) is 0 Å². The highest BCUT2D eigenvalue weighted by Gasteiger charge is 2.23. The molecule has 1 aliphatic rings. The summed E-state index contributed by atoms with van der Waals surface area (Å²) in [6, 6.07) is 4.19. The maximum absolute atomic E-state index is 12.9. The van der Waals surface area contributed by atoms with Crippen LogP contribution in [0.4, 0.5) is 10.1 Å². The standard InChI is InChI=1S/C10H8FN2O/c1-5-7-4-6(11)2-3-8(7)13-9(5)10(12)14/h2-4H,1H3,(H2,12,14). The van der Waals surface area contributed by atoms with Gasteiger partial charge in [-0.25, -0.2) is 9.71 Å². The Hall–Kier alpha value is -1.84. The van der Waals surface area contributed by atoms with E-state index in [0.29, 0.717) is 16.8 Å². The number of primary amides is 1. The van der Waals surface area contributed by atoms with E-state index >= 15 is 0 Å². The van der Waals surface area contributed by atoms with Crippen LogP contribution in [0.3, 0.4) is 0 Å². The second kappa shape index (κ2) is 2.83. The van der Waals surface area contributed by atoms with Gasteiger partial charge in [-0.05, 0) is 30.7 Å². The van der Waals surface area contributed by atoms with E-state index in [-0.39, 0.29) is 11.5 Å². The minimum absolute atomic E-state index is 0.214. The number of hydrogen-bond donors (Lipinski definition) is 1. The molecular formula is C10H8FN2O. The average molecular weight is 191 g/mol. The molecular weight excluding hydrogens is 183 g/mol. The first-order valence-electron chi connectivity index (χ1n) is 4.12. The Morgan fingerprint density at radius 1 is 1.50 bits per heavy atom. The van der Waals surface area contributed by atoms with Crippen LogP contribution in [0.15, 0.2) is 23.9 Å². The largest absolute Gasteiger partial charge is 0.364 e. The molecule has 1 amide bonds. The first kappa shape index (κ1) is 8.74. The SMILES string of the molecule is CC1=C(C(N)=O)[N]c2ccc(F)cc21. The fraction of sp³-hybridized carbons (Fsp3) is 0.100. The van der Waals surface area contributed by atoms with Crippen LogP contribution in [0.2, 0.25) is 0 Å². The summed E-state index contributed by atoms with van der Waals surface area (Å²) in [7, 11) is 0. The molecule has 1 aromatic rings. The number of amides is 1. The van der Waals surface area contributed by atoms with E-state index in [0.717, 1.165) is 0 Å². The number of nitrogens with zero attached hydrogens (tertiary/aromatic N) is 1. The molecule has 0 aliphatic carbocycles. The molecule has 0 bridgehead atoms. The number of carbonyl (C=O) groups excluding carboxylic acids is 1. The van der Waals surface area contributed by atoms with Gasteiger partial charge >= 0.3 is 0 Å². The summed E-state index contributed by atoms with van der Waals surface area (Å²) in [6.07, 6.45) is 0. The molecule has 71 valence electrons. The Balaban J connectivity index is 2.55. The van der Waals surface area contributed by atoms with Gasteiger partial charge in [0.1, 0.15) is 11.5 Å². The molecule has 2 rings (SSSR count). The Kier molecular flexibility index (Phi) is 1.77. The molecule has 0 spiro atoms. The summed E-state index contributed by atoms with van der Waals surface area (Å²) in [5.74, 6) is -0.928. The Morgan fingerprint density at radius 3 is 2.86 bits per heavy atom. The number of benzene rings is 1. The minimum atomic E-state index is -0.584. The second-order valence-corrected chi connectivity index (χ2v) is 3.11. The first-order chi connectivity index (χ1) is 6.59. The highest BCUT2D eigenvalue weighted by atomic mass is 19.1. The van der Waals surface area contributed by atoms with Crippen molar-refractivity contribution in [1.29, 1.82) is 0 Å². The number of hydrogen-bond acceptors (Lipinski definition) is 1. The van der Waals surface area contributed by atoms with E-state index in [1.54, 1.807) is 6.92 Å². The quantitative estimate of drug-likeness (QED) is 0.714. The van der Waals surface area contributed by atoms with Crippen LogP contribution in [-0.2, 0) is 4.79 Å². The number of carbonyl (C=O) groups is 1. The van der Waals surface area contributed by atoms with E-state index in [9.17, 15) is 9.18 Å². The molecule has 0 atom stereocenters. The van der Waals surface area contributed by atoms with Crippen LogP contribution in [-0.4, -0.2) is 5.91 Å². The zero-order valence-corrected chi connectivity index (χ0v) is 7.54. The number of halogens is 1. The lowest BCUT2D eigenvalue weighted by molar-refractivity contribution is -0.114. The first-order valence-corrected chi connectivity index (χ1v) is 4.12. The zero-order chi connectivity index (χ0) is 10.3. The summed E-state index contributed by atoms with van der Waals surface area (Å²) in [5, 5.41) is 4.01. The molecule has 1 radical (unpaired) electrons. The normalized spacial score (nSPS) is 13.9. The molecule has 3 nitrogen and oxygen atoms in total. The molecule has 1 aliphatic heterocycles. The molecule has 0 unspecified atom stereocenters. The van der Waals surface area contributed by atoms with Crippen LogP contribution in [0.5, 0.6) is 0 Å². The predicted molar refractivity (Wildman–Crippen MR) is 50.0 cm³/mol. The van der Waals surface area contributed by atoms with Gasteiger partial charge < -0.3 is 5.73 Å². The topological polar surface area (TPSA) is 57.2 Å². The molecule has 0 aromatic heterocycles. The average Bonchev–Trinajstić information content (AvgIpc) is 2.44. The van der Waals surface area contributed by atoms with Crippen LogP contribution < -0.4 is 11.1 Å². The number of nitrogens with two attached hydrogens (primary N) is 1. The maximum Gasteiger partial charge on any atom is 0.267 e. The van der Waals surface area contributed by atoms with Crippen molar-refractivity contribution in [3.05, 3.63) is 35.3 Å². The van der Waals surface area contributed by atoms with Crippen LogP contribution in [0.25, 0.3) is 5.57 Å². The monoisotopic (exact) mass is 191 g/mol. The number of rotatable bonds is 1. The van der Waals surface area contributed by atoms with Gasteiger partial charge in [0.25, 0.3) is 5.91 Å². The Labute approximate surface area is 80.4 Å². The fourth-order valence-electron chi connectivity index (χ4n) is 1.48. The highest BCUT2D eigenvalue weighted by molar-refractivity contribution is 6.03. The van der Waals surface area contributed by atoms with Crippen LogP contribution in [0.1, 0.15) is 12.5 Å². The van der Waals surface area contributed by atoms with Crippen molar-refractivity contribution >= 4 is 17.2 Å². The second-order valence-electron chi connectivity index (χ2n) is 3.11. The van der Waals surface area contributed by atoms with Crippen molar-refractivity contribution in [3.8, 4) is 0 Å². The van der Waals surface area contributed by atoms with Gasteiger partial charge in [-0.3, -0.25) is 4.79 Å². The summed E-state index contributed by atoms with van der Waals surface area (Å²) in [5.41, 5.74) is 7.20. The van der Waals surface area contributed by atoms with E-state index in [2.05, 4.69) is 5.32 Å². The molecule has 1 heterocycles. The van der Waals surface area contributed by atoms with E-state index < -0.39 is 5.91 Å². The van der Waals surface area contributed by atoms with Gasteiger partial charge in [-0.1, -0.05) is 0 Å². The third-order valence-electron chi connectivity index (χ3n) is 2.18. The fourth-order valence-corrected chi connectivity index (χ4v) is 1.48. The number of fused-ring (bicyclic) bond motifs is 1. The van der Waals surface area contributed by atoms with Gasteiger partial charge in [0.05, 0.1) is 5.69 Å². The van der Waals surface area contributed by atoms with Crippen molar-refractivity contribution in [2.75, 3.05) is 0 Å². The van der Waals surface area contributed by atoms with Gasteiger partial charge in [0.2, 0.25) is 0 Å². The van der Waals surface area contributed by atoms with E-state index in [4.69, 9.17) is 5.73 Å². The van der Waals surface area contributed by atoms with Crippen molar-refractivity contribution in [2.24, 2.45) is 5.73 Å². The Morgan fingerprint density at radius 2 is 2.21 bits per heavy atom. The van der Waals surface area contributed by atoms with Crippen molar-refractivity contribution in [3.63, 3.8) is 0 Å². The molecule has 14 heavy (non-hydrogen) atoms. The third-order valence-corrected chi connectivity index (χ3v) is 2.18. The molecule has 0 fully saturated rings. The number of allylic oxidation sites excluding steroid dienone is 1. The van der Waals surface area contributed by atoms with Crippen LogP contribution >= 0.6 is 0 Å². The maximum atomic E-state index is 12.9. The summed E-state index contributed by atoms with van der Waals surface area (Å²) in [6.45, 7) is 1.70. The summed E-state index contributed by atoms with van der Waals surface area (Å²) in [4.78, 5) is 10.9. The summed E-state index contributed by atoms with van der Waals surface area (Å²) < 4.78 is 12.9.